The monoisotopic (exact) mass is 334 g/mol. The molecule has 3 heteroatoms. The van der Waals surface area contributed by atoms with Crippen LogP contribution in [0.1, 0.15) is 91.9 Å². The Balaban J connectivity index is 0. The Morgan fingerprint density at radius 3 is 1.74 bits per heavy atom. The average Bonchev–Trinajstić information content (AvgIpc) is 2.56. The summed E-state index contributed by atoms with van der Waals surface area (Å²) in [5.41, 5.74) is 0.749. The molecule has 0 nitrogen and oxygen atoms in total. The topological polar surface area (TPSA) is 0 Å². The maximum absolute atomic E-state index is 14.3. The first-order chi connectivity index (χ1) is 10.9. The van der Waals surface area contributed by atoms with Crippen molar-refractivity contribution in [2.75, 3.05) is 0 Å². The first kappa shape index (κ1) is 24.5. The summed E-state index contributed by atoms with van der Waals surface area (Å²) in [6.07, 6.45) is 5.24. The minimum absolute atomic E-state index is 0.0245. The molecule has 0 radical (unpaired) electrons. The molecule has 1 unspecified atom stereocenters. The molecule has 0 aliphatic rings. The normalized spacial score (nSPS) is 12.3. The molecule has 0 heterocycles. The van der Waals surface area contributed by atoms with E-state index in [1.54, 1.807) is 6.92 Å². The fourth-order valence-corrected chi connectivity index (χ4v) is 2.87. The summed E-state index contributed by atoms with van der Waals surface area (Å²) in [6.45, 7) is 13.6. The number of halogens is 3. The van der Waals surface area contributed by atoms with Crippen LogP contribution in [0.5, 0.6) is 0 Å². The molecule has 0 aromatic rings. The van der Waals surface area contributed by atoms with Crippen molar-refractivity contribution in [1.82, 2.24) is 0 Å². The van der Waals surface area contributed by atoms with Crippen LogP contribution in [-0.4, -0.2) is 12.1 Å². The number of alkyl halides is 3. The minimum Gasteiger partial charge on any atom is -0.240 e. The second-order valence-electron chi connectivity index (χ2n) is 5.79. The summed E-state index contributed by atoms with van der Waals surface area (Å²) in [7, 11) is 0. The second-order valence-corrected chi connectivity index (χ2v) is 5.79. The van der Waals surface area contributed by atoms with E-state index in [1.165, 1.54) is 6.42 Å². The molecule has 0 aliphatic carbocycles. The maximum Gasteiger partial charge on any atom is 0.300 e. The van der Waals surface area contributed by atoms with Crippen LogP contribution < -0.4 is 0 Å². The molecule has 0 fully saturated rings. The van der Waals surface area contributed by atoms with Crippen LogP contribution in [0.15, 0.2) is 24.3 Å². The Labute approximate surface area is 142 Å². The van der Waals surface area contributed by atoms with Crippen molar-refractivity contribution in [3.8, 4) is 0 Å². The molecule has 0 aromatic carbocycles. The van der Waals surface area contributed by atoms with E-state index in [1.807, 2.05) is 13.8 Å². The van der Waals surface area contributed by atoms with Gasteiger partial charge in [0.1, 0.15) is 0 Å². The lowest BCUT2D eigenvalue weighted by atomic mass is 9.91. The van der Waals surface area contributed by atoms with Gasteiger partial charge in [-0.25, -0.2) is 4.39 Å². The van der Waals surface area contributed by atoms with Crippen molar-refractivity contribution < 1.29 is 13.2 Å². The second kappa shape index (κ2) is 14.8. The number of rotatable bonds is 12. The van der Waals surface area contributed by atoms with Gasteiger partial charge in [-0.05, 0) is 25.7 Å². The summed E-state index contributed by atoms with van der Waals surface area (Å²) < 4.78 is 42.6. The zero-order chi connectivity index (χ0) is 18.3. The van der Waals surface area contributed by atoms with Gasteiger partial charge in [0, 0.05) is 5.57 Å². The predicted octanol–water partition coefficient (Wildman–Crippen LogP) is 8.04. The molecule has 0 N–H and O–H groups in total. The highest BCUT2D eigenvalue weighted by Crippen LogP contribution is 2.38. The summed E-state index contributed by atoms with van der Waals surface area (Å²) >= 11 is 0. The third kappa shape index (κ3) is 9.22. The van der Waals surface area contributed by atoms with E-state index in [9.17, 15) is 13.2 Å². The molecule has 1 atom stereocenters. The van der Waals surface area contributed by atoms with Crippen molar-refractivity contribution in [2.24, 2.45) is 0 Å². The van der Waals surface area contributed by atoms with Crippen molar-refractivity contribution in [3.63, 3.8) is 0 Å². The number of unbranched alkanes of at least 4 members (excludes halogenated alkanes) is 5. The van der Waals surface area contributed by atoms with Gasteiger partial charge in [-0.1, -0.05) is 71.8 Å². The fraction of sp³-hybridized carbons (Fsp3) is 0.800. The Morgan fingerprint density at radius 2 is 1.30 bits per heavy atom. The number of hydrogen-bond donors (Lipinski definition) is 0. The van der Waals surface area contributed by atoms with Gasteiger partial charge in [0.2, 0.25) is 0 Å². The van der Waals surface area contributed by atoms with E-state index in [0.717, 1.165) is 25.7 Å². The lowest BCUT2D eigenvalue weighted by Gasteiger charge is -2.26. The van der Waals surface area contributed by atoms with E-state index < -0.39 is 12.1 Å². The first-order valence-corrected chi connectivity index (χ1v) is 9.18. The summed E-state index contributed by atoms with van der Waals surface area (Å²) in [5, 5.41) is 0. The zero-order valence-corrected chi connectivity index (χ0v) is 15.7. The van der Waals surface area contributed by atoms with Gasteiger partial charge < -0.3 is 0 Å². The van der Waals surface area contributed by atoms with Crippen LogP contribution in [0.2, 0.25) is 0 Å². The van der Waals surface area contributed by atoms with Gasteiger partial charge in [-0.15, -0.1) is 13.2 Å². The summed E-state index contributed by atoms with van der Waals surface area (Å²) in [5.74, 6) is -3.29. The number of hydrogen-bond acceptors (Lipinski definition) is 0. The van der Waals surface area contributed by atoms with E-state index in [4.69, 9.17) is 0 Å². The van der Waals surface area contributed by atoms with Crippen molar-refractivity contribution in [3.05, 3.63) is 24.3 Å². The standard InChI is InChI=1S/C18H33F3.C2H4/c1-5-9-10-11-12-13-14-17(19)18(20,21)16(8-4)15(6-2)7-3;1-2/h17H,5-14H2,1-4H3;1-2H2. The van der Waals surface area contributed by atoms with Gasteiger partial charge >= 0.3 is 0 Å². The zero-order valence-electron chi connectivity index (χ0n) is 15.7. The molecular weight excluding hydrogens is 297 g/mol. The lowest BCUT2D eigenvalue weighted by Crippen LogP contribution is -2.33. The Hall–Kier alpha value is -0.730. The van der Waals surface area contributed by atoms with Crippen molar-refractivity contribution >= 4 is 0 Å². The van der Waals surface area contributed by atoms with Crippen LogP contribution in [0.25, 0.3) is 0 Å². The molecule has 0 aromatic heterocycles. The van der Waals surface area contributed by atoms with E-state index in [2.05, 4.69) is 20.1 Å². The molecule has 138 valence electrons. The molecule has 0 aliphatic heterocycles. The predicted molar refractivity (Wildman–Crippen MR) is 97.0 cm³/mol. The van der Waals surface area contributed by atoms with Crippen molar-refractivity contribution in [1.29, 1.82) is 0 Å². The summed E-state index contributed by atoms with van der Waals surface area (Å²) in [4.78, 5) is 0. The van der Waals surface area contributed by atoms with Gasteiger partial charge in [-0.3, -0.25) is 0 Å². The fourth-order valence-electron chi connectivity index (χ4n) is 2.87. The molecule has 0 spiro atoms. The highest BCUT2D eigenvalue weighted by Gasteiger charge is 2.43. The molecule has 0 rings (SSSR count). The number of allylic oxidation sites excluding steroid dienone is 2. The highest BCUT2D eigenvalue weighted by molar-refractivity contribution is 5.22. The molecule has 0 saturated carbocycles. The van der Waals surface area contributed by atoms with Crippen LogP contribution >= 0.6 is 0 Å². The smallest absolute Gasteiger partial charge is 0.240 e. The Bertz CT molecular complexity index is 302. The molecule has 0 amide bonds. The third-order valence-electron chi connectivity index (χ3n) is 4.24. The van der Waals surface area contributed by atoms with E-state index in [-0.39, 0.29) is 18.4 Å². The highest BCUT2D eigenvalue weighted by atomic mass is 19.3. The quantitative estimate of drug-likeness (QED) is 0.250. The van der Waals surface area contributed by atoms with Gasteiger partial charge in [-0.2, -0.15) is 8.78 Å². The Morgan fingerprint density at radius 1 is 0.826 bits per heavy atom. The third-order valence-corrected chi connectivity index (χ3v) is 4.24. The van der Waals surface area contributed by atoms with E-state index >= 15 is 0 Å². The lowest BCUT2D eigenvalue weighted by molar-refractivity contribution is -0.0453. The maximum atomic E-state index is 14.3. The Kier molecular flexibility index (Phi) is 15.8. The SMILES string of the molecule is C=C.CCCCCCCCC(F)C(F)(F)C(CC)=C(CC)CC. The van der Waals surface area contributed by atoms with Crippen molar-refractivity contribution in [2.45, 2.75) is 104 Å². The van der Waals surface area contributed by atoms with Gasteiger partial charge in [0.05, 0.1) is 0 Å². The van der Waals surface area contributed by atoms with Crippen LogP contribution in [0.4, 0.5) is 13.2 Å². The largest absolute Gasteiger partial charge is 0.300 e. The molecule has 0 bridgehead atoms. The van der Waals surface area contributed by atoms with Crippen LogP contribution in [0.3, 0.4) is 0 Å². The first-order valence-electron chi connectivity index (χ1n) is 9.18. The summed E-state index contributed by atoms with van der Waals surface area (Å²) in [6, 6.07) is 0. The van der Waals surface area contributed by atoms with Gasteiger partial charge in [0.15, 0.2) is 6.17 Å². The van der Waals surface area contributed by atoms with E-state index in [0.29, 0.717) is 24.8 Å². The molecular formula is C20H37F3. The molecule has 0 saturated heterocycles. The minimum atomic E-state index is -3.29. The van der Waals surface area contributed by atoms with Crippen LogP contribution in [-0.2, 0) is 0 Å². The van der Waals surface area contributed by atoms with Gasteiger partial charge in [0.25, 0.3) is 5.92 Å². The molecule has 23 heavy (non-hydrogen) atoms. The average molecular weight is 335 g/mol. The van der Waals surface area contributed by atoms with Crippen LogP contribution in [0, 0.1) is 0 Å².